The fourth-order valence-electron chi connectivity index (χ4n) is 3.89. The Morgan fingerprint density at radius 1 is 1.20 bits per heavy atom. The number of nitrogens with zero attached hydrogens (tertiary/aromatic N) is 1. The topological polar surface area (TPSA) is 41.6 Å². The number of hydrogen-bond acceptors (Lipinski definition) is 4. The molecular weight excluding hydrogens is 252 g/mol. The molecule has 2 fully saturated rings. The van der Waals surface area contributed by atoms with Crippen LogP contribution in [0.4, 0.5) is 0 Å². The second-order valence-electron chi connectivity index (χ2n) is 7.40. The van der Waals surface area contributed by atoms with E-state index < -0.39 is 0 Å². The molecule has 4 nitrogen and oxygen atoms in total. The van der Waals surface area contributed by atoms with E-state index >= 15 is 0 Å². The number of nitrogens with one attached hydrogen (secondary N) is 1. The SMILES string of the molecule is COC(=O)C1(N2CCNCC2)CCC(C(C)(C)C)CC1. The van der Waals surface area contributed by atoms with Crippen LogP contribution < -0.4 is 5.32 Å². The zero-order chi connectivity index (χ0) is 14.8. The molecule has 1 aliphatic carbocycles. The molecule has 0 radical (unpaired) electrons. The number of hydrogen-bond donors (Lipinski definition) is 1. The predicted molar refractivity (Wildman–Crippen MR) is 80.6 cm³/mol. The van der Waals surface area contributed by atoms with Gasteiger partial charge in [-0.3, -0.25) is 9.69 Å². The van der Waals surface area contributed by atoms with Gasteiger partial charge in [-0.25, -0.2) is 0 Å². The van der Waals surface area contributed by atoms with E-state index in [1.165, 1.54) is 7.11 Å². The number of rotatable bonds is 2. The maximum atomic E-state index is 12.5. The predicted octanol–water partition coefficient (Wildman–Crippen LogP) is 2.04. The molecule has 0 aromatic carbocycles. The lowest BCUT2D eigenvalue weighted by molar-refractivity contribution is -0.160. The largest absolute Gasteiger partial charge is 0.468 e. The maximum Gasteiger partial charge on any atom is 0.326 e. The van der Waals surface area contributed by atoms with Crippen LogP contribution in [0.1, 0.15) is 46.5 Å². The molecule has 0 unspecified atom stereocenters. The highest BCUT2D eigenvalue weighted by Gasteiger charge is 2.48. The fourth-order valence-corrected chi connectivity index (χ4v) is 3.89. The summed E-state index contributed by atoms with van der Waals surface area (Å²) in [4.78, 5) is 14.8. The van der Waals surface area contributed by atoms with Gasteiger partial charge in [-0.15, -0.1) is 0 Å². The molecule has 1 saturated carbocycles. The minimum absolute atomic E-state index is 0.0215. The van der Waals surface area contributed by atoms with Crippen molar-refractivity contribution >= 4 is 5.97 Å². The number of esters is 1. The zero-order valence-electron chi connectivity index (χ0n) is 13.5. The first-order chi connectivity index (χ1) is 9.40. The third kappa shape index (κ3) is 3.01. The van der Waals surface area contributed by atoms with Gasteiger partial charge < -0.3 is 10.1 Å². The lowest BCUT2D eigenvalue weighted by Crippen LogP contribution is -2.62. The van der Waals surface area contributed by atoms with Crippen molar-refractivity contribution in [2.45, 2.75) is 52.0 Å². The van der Waals surface area contributed by atoms with Gasteiger partial charge in [-0.2, -0.15) is 0 Å². The van der Waals surface area contributed by atoms with E-state index in [2.05, 4.69) is 31.0 Å². The first kappa shape index (κ1) is 15.8. The lowest BCUT2D eigenvalue weighted by Gasteiger charge is -2.49. The van der Waals surface area contributed by atoms with Crippen molar-refractivity contribution in [1.82, 2.24) is 10.2 Å². The Hall–Kier alpha value is -0.610. The number of carbonyl (C=O) groups excluding carboxylic acids is 1. The third-order valence-corrected chi connectivity index (χ3v) is 5.33. The minimum atomic E-state index is -0.362. The molecular formula is C16H30N2O2. The quantitative estimate of drug-likeness (QED) is 0.787. The van der Waals surface area contributed by atoms with E-state index in [4.69, 9.17) is 4.74 Å². The first-order valence-corrected chi connectivity index (χ1v) is 7.94. The third-order valence-electron chi connectivity index (χ3n) is 5.33. The molecule has 0 aromatic heterocycles. The Bertz CT molecular complexity index is 335. The minimum Gasteiger partial charge on any atom is -0.468 e. The molecule has 0 aromatic rings. The molecule has 116 valence electrons. The van der Waals surface area contributed by atoms with Crippen LogP contribution in [0.3, 0.4) is 0 Å². The Labute approximate surface area is 123 Å². The Balaban J connectivity index is 2.12. The van der Waals surface area contributed by atoms with E-state index in [0.717, 1.165) is 51.9 Å². The highest BCUT2D eigenvalue weighted by Crippen LogP contribution is 2.44. The van der Waals surface area contributed by atoms with Crippen LogP contribution in [0.25, 0.3) is 0 Å². The summed E-state index contributed by atoms with van der Waals surface area (Å²) in [6.45, 7) is 10.8. The molecule has 1 aliphatic heterocycles. The first-order valence-electron chi connectivity index (χ1n) is 7.94. The van der Waals surface area contributed by atoms with Crippen molar-refractivity contribution in [1.29, 1.82) is 0 Å². The molecule has 0 bridgehead atoms. The standard InChI is InChI=1S/C16H30N2O2/c1-15(2,3)13-5-7-16(8-6-13,14(19)20-4)18-11-9-17-10-12-18/h13,17H,5-12H2,1-4H3. The molecule has 4 heteroatoms. The van der Waals surface area contributed by atoms with Gasteiger partial charge in [-0.05, 0) is 37.0 Å². The van der Waals surface area contributed by atoms with Crippen molar-refractivity contribution in [3.63, 3.8) is 0 Å². The van der Waals surface area contributed by atoms with Crippen LogP contribution in [0.5, 0.6) is 0 Å². The van der Waals surface area contributed by atoms with Crippen molar-refractivity contribution in [2.75, 3.05) is 33.3 Å². The van der Waals surface area contributed by atoms with Gasteiger partial charge in [0.2, 0.25) is 0 Å². The number of methoxy groups -OCH3 is 1. The van der Waals surface area contributed by atoms with Gasteiger partial charge in [0.25, 0.3) is 0 Å². The molecule has 0 spiro atoms. The summed E-state index contributed by atoms with van der Waals surface area (Å²) in [6, 6.07) is 0. The summed E-state index contributed by atoms with van der Waals surface area (Å²) >= 11 is 0. The van der Waals surface area contributed by atoms with E-state index in [1.807, 2.05) is 0 Å². The van der Waals surface area contributed by atoms with Crippen LogP contribution in [0.15, 0.2) is 0 Å². The van der Waals surface area contributed by atoms with Gasteiger partial charge in [0.05, 0.1) is 7.11 Å². The fraction of sp³-hybridized carbons (Fsp3) is 0.938. The summed E-state index contributed by atoms with van der Waals surface area (Å²) < 4.78 is 5.17. The van der Waals surface area contributed by atoms with Crippen molar-refractivity contribution in [3.8, 4) is 0 Å². The Kier molecular flexibility index (Phi) is 4.75. The van der Waals surface area contributed by atoms with E-state index in [1.54, 1.807) is 0 Å². The van der Waals surface area contributed by atoms with Crippen LogP contribution >= 0.6 is 0 Å². The monoisotopic (exact) mass is 282 g/mol. The van der Waals surface area contributed by atoms with Crippen molar-refractivity contribution in [3.05, 3.63) is 0 Å². The second kappa shape index (κ2) is 6.02. The second-order valence-corrected chi connectivity index (χ2v) is 7.40. The molecule has 1 saturated heterocycles. The van der Waals surface area contributed by atoms with Crippen LogP contribution in [0.2, 0.25) is 0 Å². The number of ether oxygens (including phenoxy) is 1. The molecule has 0 amide bonds. The number of piperazine rings is 1. The zero-order valence-corrected chi connectivity index (χ0v) is 13.5. The summed E-state index contributed by atoms with van der Waals surface area (Å²) in [5.74, 6) is 0.690. The Morgan fingerprint density at radius 3 is 2.20 bits per heavy atom. The van der Waals surface area contributed by atoms with E-state index in [0.29, 0.717) is 11.3 Å². The van der Waals surface area contributed by atoms with Crippen LogP contribution in [-0.2, 0) is 9.53 Å². The number of carbonyl (C=O) groups is 1. The molecule has 2 aliphatic rings. The van der Waals surface area contributed by atoms with Crippen LogP contribution in [-0.4, -0.2) is 49.7 Å². The van der Waals surface area contributed by atoms with E-state index in [9.17, 15) is 4.79 Å². The van der Waals surface area contributed by atoms with Crippen molar-refractivity contribution < 1.29 is 9.53 Å². The van der Waals surface area contributed by atoms with Gasteiger partial charge in [0.1, 0.15) is 5.54 Å². The highest BCUT2D eigenvalue weighted by atomic mass is 16.5. The molecule has 20 heavy (non-hydrogen) atoms. The summed E-state index contributed by atoms with van der Waals surface area (Å²) in [5.41, 5.74) is -0.0235. The average molecular weight is 282 g/mol. The van der Waals surface area contributed by atoms with Gasteiger partial charge in [0, 0.05) is 26.2 Å². The summed E-state index contributed by atoms with van der Waals surface area (Å²) in [5, 5.41) is 3.37. The normalized spacial score (nSPS) is 32.9. The molecule has 2 rings (SSSR count). The van der Waals surface area contributed by atoms with Gasteiger partial charge >= 0.3 is 5.97 Å². The van der Waals surface area contributed by atoms with E-state index in [-0.39, 0.29) is 11.5 Å². The molecule has 1 N–H and O–H groups in total. The molecule has 0 atom stereocenters. The Morgan fingerprint density at radius 2 is 1.75 bits per heavy atom. The highest BCUT2D eigenvalue weighted by molar-refractivity contribution is 5.81. The van der Waals surface area contributed by atoms with Gasteiger partial charge in [0.15, 0.2) is 0 Å². The van der Waals surface area contributed by atoms with Gasteiger partial charge in [-0.1, -0.05) is 20.8 Å². The maximum absolute atomic E-state index is 12.5. The smallest absolute Gasteiger partial charge is 0.326 e. The lowest BCUT2D eigenvalue weighted by atomic mass is 9.66. The summed E-state index contributed by atoms with van der Waals surface area (Å²) in [7, 11) is 1.53. The van der Waals surface area contributed by atoms with Crippen molar-refractivity contribution in [2.24, 2.45) is 11.3 Å². The summed E-state index contributed by atoms with van der Waals surface area (Å²) in [6.07, 6.45) is 4.15. The molecule has 1 heterocycles. The average Bonchev–Trinajstić information content (AvgIpc) is 2.46. The van der Waals surface area contributed by atoms with Crippen LogP contribution in [0, 0.1) is 11.3 Å².